The van der Waals surface area contributed by atoms with E-state index in [-0.39, 0.29) is 51.0 Å². The van der Waals surface area contributed by atoms with Crippen molar-refractivity contribution in [1.29, 1.82) is 0 Å². The summed E-state index contributed by atoms with van der Waals surface area (Å²) < 4.78 is 0. The van der Waals surface area contributed by atoms with Crippen molar-refractivity contribution in [3.63, 3.8) is 0 Å². The molecule has 2 aromatic carbocycles. The van der Waals surface area contributed by atoms with Crippen molar-refractivity contribution in [1.82, 2.24) is 0 Å². The van der Waals surface area contributed by atoms with Gasteiger partial charge < -0.3 is 0 Å². The SMILES string of the molecule is C[Si]C.Cc1ccc2c(c1)[C-]=C1C=CC=CC12.Cc1ccc2c(c1)[C-]=C1C=CC=CC12.Cl.Cl.[Zr+2]. The second kappa shape index (κ2) is 14.2. The zero-order valence-electron chi connectivity index (χ0n) is 20.1. The molecule has 0 fully saturated rings. The third-order valence-corrected chi connectivity index (χ3v) is 5.70. The zero-order valence-corrected chi connectivity index (χ0v) is 25.1. The molecule has 0 aromatic heterocycles. The first-order valence-corrected chi connectivity index (χ1v) is 12.9. The van der Waals surface area contributed by atoms with Crippen LogP contribution < -0.4 is 0 Å². The van der Waals surface area contributed by atoms with Crippen LogP contribution >= 0.6 is 24.8 Å². The first-order chi connectivity index (χ1) is 15.1. The molecule has 2 unspecified atom stereocenters. The first kappa shape index (κ1) is 30.6. The van der Waals surface area contributed by atoms with E-state index in [2.05, 4.69) is 124 Å². The molecule has 172 valence electrons. The predicted octanol–water partition coefficient (Wildman–Crippen LogP) is 8.22. The molecule has 0 aliphatic heterocycles. The van der Waals surface area contributed by atoms with Crippen LogP contribution in [0, 0.1) is 26.0 Å². The van der Waals surface area contributed by atoms with Gasteiger partial charge in [0.1, 0.15) is 0 Å². The summed E-state index contributed by atoms with van der Waals surface area (Å²) in [6.45, 7) is 8.56. The molecule has 4 aliphatic carbocycles. The third kappa shape index (κ3) is 6.82. The second-order valence-electron chi connectivity index (χ2n) is 8.29. The van der Waals surface area contributed by atoms with Gasteiger partial charge in [-0.3, -0.25) is 0 Å². The quantitative estimate of drug-likeness (QED) is 0.218. The van der Waals surface area contributed by atoms with Crippen molar-refractivity contribution in [2.24, 2.45) is 0 Å². The minimum Gasteiger partial charge on any atom is -0.147 e. The van der Waals surface area contributed by atoms with E-state index in [1.54, 1.807) is 0 Å². The Labute approximate surface area is 239 Å². The summed E-state index contributed by atoms with van der Waals surface area (Å²) in [6.07, 6.45) is 24.1. The van der Waals surface area contributed by atoms with Crippen molar-refractivity contribution >= 4 is 34.3 Å². The molecule has 0 N–H and O–H groups in total. The molecular formula is C30H30Cl2SiZr. The largest absolute Gasteiger partial charge is 2.00 e. The van der Waals surface area contributed by atoms with Gasteiger partial charge in [0, 0.05) is 9.52 Å². The Morgan fingerprint density at radius 3 is 1.41 bits per heavy atom. The van der Waals surface area contributed by atoms with E-state index < -0.39 is 0 Å². The minimum atomic E-state index is 0. The minimum absolute atomic E-state index is 0. The average molecular weight is 581 g/mol. The maximum atomic E-state index is 3.46. The van der Waals surface area contributed by atoms with Crippen molar-refractivity contribution in [2.45, 2.75) is 38.8 Å². The van der Waals surface area contributed by atoms with E-state index in [1.807, 2.05) is 0 Å². The molecule has 2 radical (unpaired) electrons. The van der Waals surface area contributed by atoms with Gasteiger partial charge in [-0.2, -0.15) is 0 Å². The molecule has 2 atom stereocenters. The fourth-order valence-electron chi connectivity index (χ4n) is 4.28. The van der Waals surface area contributed by atoms with Gasteiger partial charge in [0.2, 0.25) is 0 Å². The summed E-state index contributed by atoms with van der Waals surface area (Å²) in [6, 6.07) is 13.2. The van der Waals surface area contributed by atoms with Gasteiger partial charge >= 0.3 is 26.2 Å². The van der Waals surface area contributed by atoms with E-state index in [9.17, 15) is 0 Å². The molecule has 2 aromatic rings. The summed E-state index contributed by atoms with van der Waals surface area (Å²) in [5, 5.41) is 0. The molecule has 0 heterocycles. The van der Waals surface area contributed by atoms with Crippen molar-refractivity contribution in [3.05, 3.63) is 142 Å². The van der Waals surface area contributed by atoms with Crippen LogP contribution in [0.2, 0.25) is 13.1 Å². The van der Waals surface area contributed by atoms with Crippen molar-refractivity contribution in [2.75, 3.05) is 0 Å². The number of aryl methyl sites for hydroxylation is 2. The topological polar surface area (TPSA) is 0 Å². The average Bonchev–Trinajstić information content (AvgIpc) is 3.31. The normalized spacial score (nSPS) is 18.5. The van der Waals surface area contributed by atoms with Crippen LogP contribution in [-0.4, -0.2) is 9.52 Å². The number of benzene rings is 2. The van der Waals surface area contributed by atoms with E-state index >= 15 is 0 Å². The number of hydrogen-bond acceptors (Lipinski definition) is 0. The predicted molar refractivity (Wildman–Crippen MR) is 148 cm³/mol. The van der Waals surface area contributed by atoms with Gasteiger partial charge in [-0.15, -0.1) is 119 Å². The Bertz CT molecular complexity index is 1080. The van der Waals surface area contributed by atoms with E-state index in [4.69, 9.17) is 0 Å². The van der Waals surface area contributed by atoms with Crippen LogP contribution in [0.5, 0.6) is 0 Å². The summed E-state index contributed by atoms with van der Waals surface area (Å²) in [7, 11) is 1.08. The Morgan fingerprint density at radius 2 is 1.03 bits per heavy atom. The molecule has 0 saturated heterocycles. The number of halogens is 2. The van der Waals surface area contributed by atoms with Crippen molar-refractivity contribution < 1.29 is 26.2 Å². The molecule has 0 saturated carbocycles. The van der Waals surface area contributed by atoms with Crippen LogP contribution in [0.1, 0.15) is 45.2 Å². The van der Waals surface area contributed by atoms with Crippen LogP contribution in [0.15, 0.2) is 96.2 Å². The maximum absolute atomic E-state index is 3.46. The third-order valence-electron chi connectivity index (χ3n) is 5.70. The summed E-state index contributed by atoms with van der Waals surface area (Å²) in [4.78, 5) is 0. The molecule has 0 amide bonds. The maximum Gasteiger partial charge on any atom is 2.00 e. The number of fused-ring (bicyclic) bond motifs is 6. The number of allylic oxidation sites excluding steroid dienone is 10. The van der Waals surface area contributed by atoms with Crippen LogP contribution in [0.4, 0.5) is 0 Å². The van der Waals surface area contributed by atoms with Gasteiger partial charge in [-0.25, -0.2) is 0 Å². The first-order valence-electron chi connectivity index (χ1n) is 10.9. The smallest absolute Gasteiger partial charge is 0.147 e. The molecule has 6 rings (SSSR count). The molecule has 0 bridgehead atoms. The fourth-order valence-corrected chi connectivity index (χ4v) is 4.28. The summed E-state index contributed by atoms with van der Waals surface area (Å²) >= 11 is 0. The zero-order chi connectivity index (χ0) is 21.8. The van der Waals surface area contributed by atoms with Crippen molar-refractivity contribution in [3.8, 4) is 0 Å². The summed E-state index contributed by atoms with van der Waals surface area (Å²) in [5.41, 5.74) is 10.5. The molecule has 0 nitrogen and oxygen atoms in total. The Morgan fingerprint density at radius 1 is 0.647 bits per heavy atom. The summed E-state index contributed by atoms with van der Waals surface area (Å²) in [5.74, 6) is 0.909. The van der Waals surface area contributed by atoms with E-state index in [0.29, 0.717) is 11.8 Å². The van der Waals surface area contributed by atoms with Crippen LogP contribution in [0.25, 0.3) is 0 Å². The second-order valence-corrected chi connectivity index (χ2v) is 9.29. The van der Waals surface area contributed by atoms with Gasteiger partial charge in [-0.05, 0) is 25.7 Å². The number of rotatable bonds is 0. The molecule has 4 heteroatoms. The number of hydrogen-bond donors (Lipinski definition) is 0. The monoisotopic (exact) mass is 578 g/mol. The van der Waals surface area contributed by atoms with Gasteiger partial charge in [0.25, 0.3) is 0 Å². The Kier molecular flexibility index (Phi) is 12.8. The van der Waals surface area contributed by atoms with Gasteiger partial charge in [0.05, 0.1) is 0 Å². The van der Waals surface area contributed by atoms with Gasteiger partial charge in [-0.1, -0.05) is 60.7 Å². The van der Waals surface area contributed by atoms with E-state index in [1.165, 1.54) is 44.5 Å². The molecule has 0 spiro atoms. The molecule has 34 heavy (non-hydrogen) atoms. The molecular weight excluding hydrogens is 551 g/mol. The molecule has 4 aliphatic rings. The Balaban J connectivity index is 0.000000283. The Hall–Kier alpha value is -1.44. The standard InChI is InChI=1S/2C14H11.C2H6Si.2ClH.Zr/c2*1-10-6-7-14-12(8-10)9-11-4-2-3-5-13(11)14;1-3-2;;;/h2*2-8,13H,1H3;1-2H3;2*1H;/q2*-1;;;;+2. The van der Waals surface area contributed by atoms with Crippen LogP contribution in [-0.2, 0) is 26.2 Å². The van der Waals surface area contributed by atoms with Crippen LogP contribution in [0.3, 0.4) is 0 Å². The fraction of sp³-hybridized carbons (Fsp3) is 0.200. The van der Waals surface area contributed by atoms with E-state index in [0.717, 1.165) is 9.52 Å². The van der Waals surface area contributed by atoms with Gasteiger partial charge in [0.15, 0.2) is 0 Å².